The number of nitrogens with zero attached hydrogens (tertiary/aromatic N) is 5. The maximum atomic E-state index is 5.28. The maximum Gasteiger partial charge on any atom is 0.165 e. The van der Waals surface area contributed by atoms with Crippen molar-refractivity contribution in [1.29, 1.82) is 0 Å². The molecule has 0 aliphatic heterocycles. The molecule has 0 unspecified atom stereocenters. The monoisotopic (exact) mass is 797 g/mol. The molecule has 0 amide bonds. The molecule has 0 spiro atoms. The summed E-state index contributed by atoms with van der Waals surface area (Å²) in [6.07, 6.45) is 5.92. The lowest BCUT2D eigenvalue weighted by molar-refractivity contribution is 1.08. The summed E-state index contributed by atoms with van der Waals surface area (Å²) in [5, 5.41) is 4.61. The second kappa shape index (κ2) is 14.0. The highest BCUT2D eigenvalue weighted by atomic mass is 32.1. The number of hydrogen-bond donors (Lipinski definition) is 0. The van der Waals surface area contributed by atoms with Crippen LogP contribution in [0, 0.1) is 6.92 Å². The Bertz CT molecular complexity index is 3430. The van der Waals surface area contributed by atoms with Crippen LogP contribution in [-0.2, 0) is 0 Å². The molecule has 274 valence electrons. The molecule has 5 aromatic heterocycles. The van der Waals surface area contributed by atoms with Crippen molar-refractivity contribution in [2.45, 2.75) is 6.92 Å². The molecule has 0 N–H and O–H groups in total. The van der Waals surface area contributed by atoms with E-state index < -0.39 is 0 Å². The minimum absolute atomic E-state index is 0.638. The lowest BCUT2D eigenvalue weighted by Crippen LogP contribution is -2.00. The third-order valence-corrected chi connectivity index (χ3v) is 14.1. The average molecular weight is 798 g/mol. The number of aromatic nitrogens is 5. The van der Waals surface area contributed by atoms with Crippen LogP contribution in [0.2, 0.25) is 0 Å². The summed E-state index contributed by atoms with van der Waals surface area (Å²) in [4.78, 5) is 27.3. The Labute approximate surface area is 346 Å². The van der Waals surface area contributed by atoms with Gasteiger partial charge in [0.2, 0.25) is 0 Å². The fourth-order valence-electron chi connectivity index (χ4n) is 7.75. The number of hydrogen-bond acceptors (Lipinski definition) is 8. The first-order valence-electron chi connectivity index (χ1n) is 18.9. The molecule has 0 atom stereocenters. The number of rotatable bonds is 7. The molecule has 0 saturated heterocycles. The van der Waals surface area contributed by atoms with E-state index in [0.29, 0.717) is 23.3 Å². The summed E-state index contributed by atoms with van der Waals surface area (Å²) in [7, 11) is 0. The van der Waals surface area contributed by atoms with E-state index in [1.165, 1.54) is 20.5 Å². The van der Waals surface area contributed by atoms with Crippen molar-refractivity contribution in [2.24, 2.45) is 0 Å². The zero-order valence-electron chi connectivity index (χ0n) is 31.2. The van der Waals surface area contributed by atoms with Gasteiger partial charge in [-0.25, -0.2) is 24.9 Å². The van der Waals surface area contributed by atoms with Crippen LogP contribution in [-0.4, -0.2) is 24.9 Å². The SMILES string of the molecule is C=C/C=C\c1sc2c(-c3nc(-c4ccccc4)nc(-c4cccc5sc6cc(-c7nc(-c8ccccc8)c8sc9ccccc9c8n7)ccc6c45)n3)cccc2c1C. The second-order valence-corrected chi connectivity index (χ2v) is 17.3. The summed E-state index contributed by atoms with van der Waals surface area (Å²) in [5.74, 6) is 2.64. The smallest absolute Gasteiger partial charge is 0.165 e. The van der Waals surface area contributed by atoms with Crippen LogP contribution in [0.3, 0.4) is 0 Å². The van der Waals surface area contributed by atoms with Gasteiger partial charge in [-0.2, -0.15) is 0 Å². The highest BCUT2D eigenvalue weighted by Crippen LogP contribution is 2.44. The summed E-state index contributed by atoms with van der Waals surface area (Å²) in [6, 6.07) is 48.5. The normalized spacial score (nSPS) is 11.9. The molecule has 5 heterocycles. The van der Waals surface area contributed by atoms with Crippen molar-refractivity contribution >= 4 is 90.6 Å². The van der Waals surface area contributed by atoms with Crippen molar-refractivity contribution in [2.75, 3.05) is 0 Å². The molecule has 5 nitrogen and oxygen atoms in total. The standard InChI is InChI=1S/C50H31N5S3/c1-3-4-23-38-29(2)33-20-13-22-37(45(33)57-38)50-54-47(31-17-9-6-10-18-31)53-49(55-50)36-21-14-25-40-42(36)34-27-26-32(28-41(34)56-40)48-51-43(30-15-7-5-8-16-30)46-44(52-48)35-19-11-12-24-39(35)58-46/h3-28H,1H2,2H3/b23-4-. The van der Waals surface area contributed by atoms with Crippen molar-refractivity contribution < 1.29 is 0 Å². The van der Waals surface area contributed by atoms with Crippen LogP contribution in [0.1, 0.15) is 10.4 Å². The van der Waals surface area contributed by atoms with Crippen molar-refractivity contribution in [3.8, 4) is 56.8 Å². The van der Waals surface area contributed by atoms with E-state index >= 15 is 0 Å². The highest BCUT2D eigenvalue weighted by Gasteiger charge is 2.21. The van der Waals surface area contributed by atoms with E-state index in [2.05, 4.69) is 135 Å². The molecule has 0 radical (unpaired) electrons. The van der Waals surface area contributed by atoms with Gasteiger partial charge in [0.05, 0.1) is 15.9 Å². The van der Waals surface area contributed by atoms with Crippen LogP contribution < -0.4 is 0 Å². The zero-order chi connectivity index (χ0) is 38.7. The van der Waals surface area contributed by atoms with Crippen LogP contribution in [0.5, 0.6) is 0 Å². The molecule has 0 fully saturated rings. The second-order valence-electron chi connectivity index (χ2n) is 14.1. The molecule has 11 rings (SSSR count). The predicted octanol–water partition coefficient (Wildman–Crippen LogP) is 14.5. The van der Waals surface area contributed by atoms with Crippen LogP contribution in [0.15, 0.2) is 158 Å². The van der Waals surface area contributed by atoms with E-state index in [1.54, 1.807) is 34.0 Å². The van der Waals surface area contributed by atoms with E-state index in [9.17, 15) is 0 Å². The Morgan fingerprint density at radius 1 is 0.483 bits per heavy atom. The first-order valence-corrected chi connectivity index (χ1v) is 21.4. The molecule has 58 heavy (non-hydrogen) atoms. The van der Waals surface area contributed by atoms with Gasteiger partial charge in [0.1, 0.15) is 0 Å². The van der Waals surface area contributed by atoms with E-state index in [4.69, 9.17) is 24.9 Å². The molecular weight excluding hydrogens is 767 g/mol. The Morgan fingerprint density at radius 2 is 1.16 bits per heavy atom. The van der Waals surface area contributed by atoms with Crippen molar-refractivity contribution in [1.82, 2.24) is 24.9 Å². The summed E-state index contributed by atoms with van der Waals surface area (Å²) in [6.45, 7) is 6.04. The minimum atomic E-state index is 0.638. The third kappa shape index (κ3) is 5.76. The summed E-state index contributed by atoms with van der Waals surface area (Å²) < 4.78 is 5.77. The Morgan fingerprint density at radius 3 is 1.98 bits per heavy atom. The maximum absolute atomic E-state index is 5.28. The van der Waals surface area contributed by atoms with Gasteiger partial charge in [-0.05, 0) is 48.2 Å². The van der Waals surface area contributed by atoms with E-state index in [1.807, 2.05) is 36.4 Å². The fraction of sp³-hybridized carbons (Fsp3) is 0.0200. The minimum Gasteiger partial charge on any atom is -0.226 e. The van der Waals surface area contributed by atoms with Gasteiger partial charge in [-0.3, -0.25) is 0 Å². The average Bonchev–Trinajstić information content (AvgIpc) is 3.96. The first-order chi connectivity index (χ1) is 28.6. The molecule has 0 aliphatic carbocycles. The fourth-order valence-corrected chi connectivity index (χ4v) is 11.3. The van der Waals surface area contributed by atoms with E-state index in [0.717, 1.165) is 74.0 Å². The third-order valence-electron chi connectivity index (χ3n) is 10.6. The quantitative estimate of drug-likeness (QED) is 0.150. The van der Waals surface area contributed by atoms with E-state index in [-0.39, 0.29) is 0 Å². The Hall–Kier alpha value is -6.71. The van der Waals surface area contributed by atoms with Crippen LogP contribution in [0.25, 0.3) is 113 Å². The van der Waals surface area contributed by atoms with Crippen LogP contribution in [0.4, 0.5) is 0 Å². The van der Waals surface area contributed by atoms with Gasteiger partial charge in [0.15, 0.2) is 23.3 Å². The molecule has 8 heteroatoms. The van der Waals surface area contributed by atoms with Gasteiger partial charge in [0, 0.05) is 67.7 Å². The molecule has 6 aromatic carbocycles. The van der Waals surface area contributed by atoms with Gasteiger partial charge in [-0.15, -0.1) is 34.0 Å². The van der Waals surface area contributed by atoms with Gasteiger partial charge in [0.25, 0.3) is 0 Å². The van der Waals surface area contributed by atoms with Crippen LogP contribution >= 0.6 is 34.0 Å². The number of thiophene rings is 3. The summed E-state index contributed by atoms with van der Waals surface area (Å²) in [5.41, 5.74) is 8.13. The van der Waals surface area contributed by atoms with Crippen molar-refractivity contribution in [3.05, 3.63) is 169 Å². The molecule has 0 aliphatic rings. The summed E-state index contributed by atoms with van der Waals surface area (Å²) >= 11 is 5.27. The zero-order valence-corrected chi connectivity index (χ0v) is 33.6. The Kier molecular flexibility index (Phi) is 8.36. The molecule has 0 saturated carbocycles. The number of aryl methyl sites for hydroxylation is 1. The molecular formula is C50H31N5S3. The topological polar surface area (TPSA) is 64.5 Å². The highest BCUT2D eigenvalue weighted by molar-refractivity contribution is 7.26. The predicted molar refractivity (Wildman–Crippen MR) is 248 cm³/mol. The number of allylic oxidation sites excluding steroid dienone is 2. The lowest BCUT2D eigenvalue weighted by atomic mass is 10.0. The van der Waals surface area contributed by atoms with Gasteiger partial charge >= 0.3 is 0 Å². The Balaban J connectivity index is 1.09. The number of fused-ring (bicyclic) bond motifs is 7. The first kappa shape index (κ1) is 34.5. The lowest BCUT2D eigenvalue weighted by Gasteiger charge is -2.10. The van der Waals surface area contributed by atoms with Gasteiger partial charge in [-0.1, -0.05) is 134 Å². The molecule has 11 aromatic rings. The van der Waals surface area contributed by atoms with Crippen molar-refractivity contribution in [3.63, 3.8) is 0 Å². The molecule has 0 bridgehead atoms. The van der Waals surface area contributed by atoms with Gasteiger partial charge < -0.3 is 0 Å². The largest absolute Gasteiger partial charge is 0.226 e. The number of benzene rings is 6.